The van der Waals surface area contributed by atoms with E-state index in [1.807, 2.05) is 47.5 Å². The summed E-state index contributed by atoms with van der Waals surface area (Å²) >= 11 is 1.71. The van der Waals surface area contributed by atoms with Crippen LogP contribution < -0.4 is 4.90 Å². The molecule has 0 N–H and O–H groups in total. The van der Waals surface area contributed by atoms with Crippen molar-refractivity contribution in [2.75, 3.05) is 37.6 Å². The monoisotopic (exact) mass is 396 g/mol. The maximum absolute atomic E-state index is 12.9. The number of rotatable bonds is 7. The number of pyridine rings is 1. The number of aromatic nitrogens is 1. The molecule has 4 rings (SSSR count). The Morgan fingerprint density at radius 3 is 2.64 bits per heavy atom. The molecule has 1 aliphatic heterocycles. The van der Waals surface area contributed by atoms with Crippen LogP contribution in [0, 0.1) is 0 Å². The van der Waals surface area contributed by atoms with Crippen LogP contribution in [-0.2, 0) is 17.9 Å². The second-order valence-corrected chi connectivity index (χ2v) is 7.89. The highest BCUT2D eigenvalue weighted by atomic mass is 32.1. The van der Waals surface area contributed by atoms with Crippen molar-refractivity contribution in [1.29, 1.82) is 0 Å². The van der Waals surface area contributed by atoms with Crippen molar-refractivity contribution in [3.8, 4) is 0 Å². The molecule has 7 heteroatoms. The summed E-state index contributed by atoms with van der Waals surface area (Å²) in [5.41, 5.74) is 0. The standard InChI is InChI=1S/C21H24N4O2S/c26-21(25-11-9-24(10-12-25)20-7-1-2-8-22-20)17-23(15-18-5-3-13-27-18)16-19-6-4-14-28-19/h1-8,13-14H,9-12,15-17H2. The van der Waals surface area contributed by atoms with Gasteiger partial charge in [-0.3, -0.25) is 9.69 Å². The van der Waals surface area contributed by atoms with Gasteiger partial charge in [0.1, 0.15) is 11.6 Å². The number of piperazine rings is 1. The van der Waals surface area contributed by atoms with Gasteiger partial charge in [-0.1, -0.05) is 12.1 Å². The fourth-order valence-corrected chi connectivity index (χ4v) is 4.18. The zero-order chi connectivity index (χ0) is 19.2. The van der Waals surface area contributed by atoms with Crippen LogP contribution in [-0.4, -0.2) is 53.4 Å². The van der Waals surface area contributed by atoms with Crippen LogP contribution in [0.4, 0.5) is 5.82 Å². The maximum atomic E-state index is 12.9. The van der Waals surface area contributed by atoms with Gasteiger partial charge in [-0.2, -0.15) is 0 Å². The lowest BCUT2D eigenvalue weighted by Gasteiger charge is -2.36. The number of nitrogens with zero attached hydrogens (tertiary/aromatic N) is 4. The van der Waals surface area contributed by atoms with Gasteiger partial charge in [-0.25, -0.2) is 4.98 Å². The van der Waals surface area contributed by atoms with Crippen molar-refractivity contribution < 1.29 is 9.21 Å². The lowest BCUT2D eigenvalue weighted by molar-refractivity contribution is -0.133. The summed E-state index contributed by atoms with van der Waals surface area (Å²) in [7, 11) is 0. The van der Waals surface area contributed by atoms with Gasteiger partial charge in [0.15, 0.2) is 0 Å². The summed E-state index contributed by atoms with van der Waals surface area (Å²) < 4.78 is 5.50. The maximum Gasteiger partial charge on any atom is 0.236 e. The Bertz CT molecular complexity index is 808. The molecular formula is C21H24N4O2S. The summed E-state index contributed by atoms with van der Waals surface area (Å²) in [6.07, 6.45) is 3.49. The van der Waals surface area contributed by atoms with Gasteiger partial charge in [-0.15, -0.1) is 11.3 Å². The second-order valence-electron chi connectivity index (χ2n) is 6.86. The Balaban J connectivity index is 1.34. The molecule has 0 unspecified atom stereocenters. The van der Waals surface area contributed by atoms with E-state index in [0.29, 0.717) is 13.1 Å². The molecule has 0 radical (unpaired) electrons. The lowest BCUT2D eigenvalue weighted by atomic mass is 10.2. The van der Waals surface area contributed by atoms with Crippen molar-refractivity contribution >= 4 is 23.1 Å². The topological polar surface area (TPSA) is 52.8 Å². The Morgan fingerprint density at radius 2 is 1.96 bits per heavy atom. The average molecular weight is 397 g/mol. The Hall–Kier alpha value is -2.64. The Kier molecular flexibility index (Phi) is 6.04. The van der Waals surface area contributed by atoms with Crippen molar-refractivity contribution in [1.82, 2.24) is 14.8 Å². The van der Waals surface area contributed by atoms with Crippen LogP contribution in [0.15, 0.2) is 64.7 Å². The smallest absolute Gasteiger partial charge is 0.236 e. The summed E-state index contributed by atoms with van der Waals surface area (Å²) in [6, 6.07) is 13.9. The third-order valence-electron chi connectivity index (χ3n) is 4.88. The molecule has 0 aromatic carbocycles. The fraction of sp³-hybridized carbons (Fsp3) is 0.333. The van der Waals surface area contributed by atoms with Gasteiger partial charge in [0.05, 0.1) is 19.4 Å². The van der Waals surface area contributed by atoms with Crippen LogP contribution >= 0.6 is 11.3 Å². The molecule has 1 aliphatic rings. The predicted octanol–water partition coefficient (Wildman–Crippen LogP) is 3.09. The molecule has 0 aliphatic carbocycles. The lowest BCUT2D eigenvalue weighted by Crippen LogP contribution is -2.51. The minimum Gasteiger partial charge on any atom is -0.468 e. The minimum atomic E-state index is 0.170. The Morgan fingerprint density at radius 1 is 1.07 bits per heavy atom. The van der Waals surface area contributed by atoms with E-state index in [-0.39, 0.29) is 5.91 Å². The molecule has 146 valence electrons. The minimum absolute atomic E-state index is 0.170. The van der Waals surface area contributed by atoms with Gasteiger partial charge in [0.2, 0.25) is 5.91 Å². The summed E-state index contributed by atoms with van der Waals surface area (Å²) in [6.45, 7) is 4.84. The molecule has 4 heterocycles. The van der Waals surface area contributed by atoms with Crippen LogP contribution in [0.3, 0.4) is 0 Å². The zero-order valence-corrected chi connectivity index (χ0v) is 16.6. The molecule has 0 saturated carbocycles. The second kappa shape index (κ2) is 9.03. The average Bonchev–Trinajstić information content (AvgIpc) is 3.43. The number of anilines is 1. The van der Waals surface area contributed by atoms with Gasteiger partial charge in [0, 0.05) is 43.8 Å². The van der Waals surface area contributed by atoms with E-state index in [2.05, 4.69) is 26.2 Å². The van der Waals surface area contributed by atoms with E-state index in [4.69, 9.17) is 4.42 Å². The van der Waals surface area contributed by atoms with E-state index >= 15 is 0 Å². The number of thiophene rings is 1. The first-order chi connectivity index (χ1) is 13.8. The van der Waals surface area contributed by atoms with Crippen molar-refractivity contribution in [3.63, 3.8) is 0 Å². The number of furan rings is 1. The number of hydrogen-bond donors (Lipinski definition) is 0. The fourth-order valence-electron chi connectivity index (χ4n) is 3.43. The van der Waals surface area contributed by atoms with Gasteiger partial charge < -0.3 is 14.2 Å². The molecule has 1 fully saturated rings. The number of carbonyl (C=O) groups excluding carboxylic acids is 1. The molecule has 28 heavy (non-hydrogen) atoms. The van der Waals surface area contributed by atoms with Crippen molar-refractivity contribution in [3.05, 3.63) is 70.9 Å². The van der Waals surface area contributed by atoms with E-state index in [0.717, 1.165) is 44.3 Å². The highest BCUT2D eigenvalue weighted by Crippen LogP contribution is 2.16. The molecule has 0 spiro atoms. The first-order valence-corrected chi connectivity index (χ1v) is 10.4. The van der Waals surface area contributed by atoms with Gasteiger partial charge >= 0.3 is 0 Å². The summed E-state index contributed by atoms with van der Waals surface area (Å²) in [5, 5.41) is 2.07. The highest BCUT2D eigenvalue weighted by Gasteiger charge is 2.24. The zero-order valence-electron chi connectivity index (χ0n) is 15.7. The third-order valence-corrected chi connectivity index (χ3v) is 5.74. The van der Waals surface area contributed by atoms with Crippen molar-refractivity contribution in [2.45, 2.75) is 13.1 Å². The van der Waals surface area contributed by atoms with E-state index in [1.165, 1.54) is 4.88 Å². The highest BCUT2D eigenvalue weighted by molar-refractivity contribution is 7.09. The van der Waals surface area contributed by atoms with Crippen LogP contribution in [0.1, 0.15) is 10.6 Å². The molecule has 3 aromatic heterocycles. The molecular weight excluding hydrogens is 372 g/mol. The van der Waals surface area contributed by atoms with Crippen LogP contribution in [0.2, 0.25) is 0 Å². The number of carbonyl (C=O) groups is 1. The number of amides is 1. The molecule has 1 amide bonds. The first kappa shape index (κ1) is 18.7. The van der Waals surface area contributed by atoms with Gasteiger partial charge in [-0.05, 0) is 35.7 Å². The Labute approximate surface area is 169 Å². The number of hydrogen-bond acceptors (Lipinski definition) is 6. The molecule has 3 aromatic rings. The van der Waals surface area contributed by atoms with E-state index in [1.54, 1.807) is 17.6 Å². The molecule has 0 atom stereocenters. The molecule has 1 saturated heterocycles. The van der Waals surface area contributed by atoms with E-state index < -0.39 is 0 Å². The summed E-state index contributed by atoms with van der Waals surface area (Å²) in [4.78, 5) is 24.9. The van der Waals surface area contributed by atoms with E-state index in [9.17, 15) is 4.79 Å². The summed E-state index contributed by atoms with van der Waals surface area (Å²) in [5.74, 6) is 2.03. The van der Waals surface area contributed by atoms with Crippen LogP contribution in [0.25, 0.3) is 0 Å². The quantitative estimate of drug-likeness (QED) is 0.614. The first-order valence-electron chi connectivity index (χ1n) is 9.49. The molecule has 6 nitrogen and oxygen atoms in total. The normalized spacial score (nSPS) is 14.6. The third kappa shape index (κ3) is 4.79. The molecule has 0 bridgehead atoms. The van der Waals surface area contributed by atoms with Gasteiger partial charge in [0.25, 0.3) is 0 Å². The van der Waals surface area contributed by atoms with Crippen molar-refractivity contribution in [2.24, 2.45) is 0 Å². The predicted molar refractivity (Wildman–Crippen MR) is 110 cm³/mol. The SMILES string of the molecule is O=C(CN(Cc1ccco1)Cc1cccs1)N1CCN(c2ccccn2)CC1. The largest absolute Gasteiger partial charge is 0.468 e. The van der Waals surface area contributed by atoms with Crippen LogP contribution in [0.5, 0.6) is 0 Å².